The van der Waals surface area contributed by atoms with Gasteiger partial charge in [-0.05, 0) is 53.3 Å². The van der Waals surface area contributed by atoms with Crippen LogP contribution in [0.3, 0.4) is 0 Å². The number of hydrogen-bond donors (Lipinski definition) is 6. The number of non-ortho nitro benzene ring substituents is 1. The molecule has 2 aromatic rings. The molecule has 21 heteroatoms. The van der Waals surface area contributed by atoms with E-state index >= 15 is 0 Å². The molecule has 1 saturated heterocycles. The Hall–Kier alpha value is -3.79. The number of amides is 5. The van der Waals surface area contributed by atoms with Crippen LogP contribution in [0.2, 0.25) is 0 Å². The van der Waals surface area contributed by atoms with E-state index < -0.39 is 80.1 Å². The monoisotopic (exact) mass is 731 g/mol. The molecule has 2 aromatic carbocycles. The van der Waals surface area contributed by atoms with Gasteiger partial charge in [0.05, 0.1) is 17.5 Å². The van der Waals surface area contributed by atoms with E-state index in [9.17, 15) is 52.2 Å². The van der Waals surface area contributed by atoms with Crippen molar-refractivity contribution in [3.63, 3.8) is 0 Å². The number of carbonyl (C=O) groups excluding carboxylic acids is 5. The van der Waals surface area contributed by atoms with E-state index in [4.69, 9.17) is 11.5 Å². The average molecular weight is 732 g/mol. The molecule has 3 rings (SSSR count). The topological polar surface area (TPSA) is 297 Å². The van der Waals surface area contributed by atoms with Crippen LogP contribution >= 0.6 is 10.8 Å². The number of likely N-dealkylation sites (tertiary alicyclic amines) is 1. The van der Waals surface area contributed by atoms with Crippen molar-refractivity contribution >= 4 is 55.2 Å². The van der Waals surface area contributed by atoms with E-state index in [-0.39, 0.29) is 71.2 Å². The molecule has 0 saturated carbocycles. The van der Waals surface area contributed by atoms with Crippen molar-refractivity contribution in [1.82, 2.24) is 20.9 Å². The quantitative estimate of drug-likeness (QED) is 0.0311. The Kier molecular flexibility index (Phi) is 15.9. The average Bonchev–Trinajstić information content (AvgIpc) is 3.52. The molecule has 5 amide bonds. The summed E-state index contributed by atoms with van der Waals surface area (Å²) in [4.78, 5) is 75.7. The summed E-state index contributed by atoms with van der Waals surface area (Å²) >= 11 is 0. The van der Waals surface area contributed by atoms with Gasteiger partial charge < -0.3 is 42.0 Å². The first kappa shape index (κ1) is 41.4. The maximum Gasteiger partial charge on any atom is 1.00 e. The maximum absolute atomic E-state index is 13.5. The first-order chi connectivity index (χ1) is 22.5. The molecule has 0 bridgehead atoms. The van der Waals surface area contributed by atoms with Crippen molar-refractivity contribution in [3.8, 4) is 5.75 Å². The summed E-state index contributed by atoms with van der Waals surface area (Å²) in [6.07, 6.45) is 0.635. The Morgan fingerprint density at radius 3 is 2.14 bits per heavy atom. The number of hydrogen-bond acceptors (Lipinski definition) is 13. The number of nitrogens with two attached hydrogens (primary N) is 2. The third-order valence-corrected chi connectivity index (χ3v) is 9.28. The molecule has 1 fully saturated rings. The second-order valence-corrected chi connectivity index (χ2v) is 14.1. The Bertz CT molecular complexity index is 1630. The van der Waals surface area contributed by atoms with Crippen LogP contribution < -0.4 is 57.0 Å². The minimum Gasteiger partial charge on any atom is -0.739 e. The summed E-state index contributed by atoms with van der Waals surface area (Å²) in [6.45, 7) is -0.574. The van der Waals surface area contributed by atoms with Crippen LogP contribution in [0, 0.1) is 10.1 Å². The number of benzene rings is 2. The molecule has 1 aliphatic heterocycles. The van der Waals surface area contributed by atoms with Gasteiger partial charge in [-0.15, -0.1) is 0 Å². The van der Waals surface area contributed by atoms with Gasteiger partial charge in [0.1, 0.15) is 33.0 Å². The minimum absolute atomic E-state index is 0. The molecule has 260 valence electrons. The zero-order chi connectivity index (χ0) is 35.6. The number of carbonyl (C=O) groups is 5. The van der Waals surface area contributed by atoms with Crippen molar-refractivity contribution in [3.05, 3.63) is 69.8 Å². The fraction of sp³-hybridized carbons (Fsp3) is 0.393. The van der Waals surface area contributed by atoms with Gasteiger partial charge in [0.15, 0.2) is 0 Å². The van der Waals surface area contributed by atoms with E-state index in [0.717, 1.165) is 0 Å². The number of phenolic OH excluding ortho intramolecular Hbond substituents is 1. The Balaban J connectivity index is 0.00000833. The van der Waals surface area contributed by atoms with Gasteiger partial charge in [0.25, 0.3) is 5.69 Å². The normalized spacial score (nSPS) is 16.0. The van der Waals surface area contributed by atoms with Gasteiger partial charge in [0.2, 0.25) is 29.5 Å². The molecule has 1 aliphatic rings. The number of nitrogens with one attached hydrogen (secondary N) is 3. The third-order valence-electron chi connectivity index (χ3n) is 7.25. The summed E-state index contributed by atoms with van der Waals surface area (Å²) in [7, 11) is -5.04. The number of rotatable bonds is 16. The zero-order valence-corrected chi connectivity index (χ0v) is 29.9. The fourth-order valence-corrected chi connectivity index (χ4v) is 6.29. The van der Waals surface area contributed by atoms with Gasteiger partial charge in [-0.1, -0.05) is 24.3 Å². The van der Waals surface area contributed by atoms with Crippen molar-refractivity contribution in [1.29, 1.82) is 0 Å². The molecule has 0 aromatic heterocycles. The molecule has 49 heavy (non-hydrogen) atoms. The standard InChI is InChI=1S/C28H35N7O11S2.Na/c29-20(12-16-5-9-19(36)10-6-16)26(39)33-22(15-47-48(44,45)46)27(40)31-14-24(37)32-21(13-17-3-7-18(8-4-17)35(42)43)28(41)34-11-1-2-23(34)25(30)38;/h3-10,20-23,36H,1-2,11-15,29H2,(H2,30,38)(H,31,40)(H,32,37)(H,33,39)(H,44,45,46);/q;+1/p-1/t20-,21-,22-,23-;/m0./s1. The molecule has 18 nitrogen and oxygen atoms in total. The molecular weight excluding hydrogens is 697 g/mol. The number of nitrogens with zero attached hydrogens (tertiary/aromatic N) is 2. The van der Waals surface area contributed by atoms with Crippen LogP contribution in [-0.2, 0) is 46.0 Å². The summed E-state index contributed by atoms with van der Waals surface area (Å²) in [5, 5.41) is 27.4. The van der Waals surface area contributed by atoms with Crippen LogP contribution in [0.4, 0.5) is 5.69 Å². The Morgan fingerprint density at radius 2 is 1.57 bits per heavy atom. The molecule has 4 atom stereocenters. The number of primary amides is 1. The Labute approximate surface area is 306 Å². The van der Waals surface area contributed by atoms with Crippen LogP contribution in [0.15, 0.2) is 48.5 Å². The summed E-state index contributed by atoms with van der Waals surface area (Å²) < 4.78 is 33.7. The van der Waals surface area contributed by atoms with Gasteiger partial charge in [-0.3, -0.25) is 34.1 Å². The van der Waals surface area contributed by atoms with Crippen molar-refractivity contribution in [2.24, 2.45) is 11.5 Å². The van der Waals surface area contributed by atoms with Crippen LogP contribution in [0.1, 0.15) is 24.0 Å². The van der Waals surface area contributed by atoms with Gasteiger partial charge in [-0.2, -0.15) is 0 Å². The van der Waals surface area contributed by atoms with Crippen LogP contribution in [0.25, 0.3) is 0 Å². The molecule has 0 spiro atoms. The van der Waals surface area contributed by atoms with E-state index in [1.165, 1.54) is 53.4 Å². The number of aromatic hydroxyl groups is 1. The van der Waals surface area contributed by atoms with Crippen molar-refractivity contribution in [2.45, 2.75) is 49.9 Å². The van der Waals surface area contributed by atoms with E-state index in [1.54, 1.807) is 0 Å². The summed E-state index contributed by atoms with van der Waals surface area (Å²) in [5.74, 6) is -4.93. The molecular formula is C28H34N7NaO11S2. The predicted molar refractivity (Wildman–Crippen MR) is 170 cm³/mol. The largest absolute Gasteiger partial charge is 1.00 e. The van der Waals surface area contributed by atoms with E-state index in [0.29, 0.717) is 24.0 Å². The van der Waals surface area contributed by atoms with Crippen molar-refractivity contribution in [2.75, 3.05) is 18.8 Å². The van der Waals surface area contributed by atoms with E-state index in [1.807, 2.05) is 0 Å². The smallest absolute Gasteiger partial charge is 0.739 e. The molecule has 8 N–H and O–H groups in total. The SMILES string of the molecule is NC(=O)[C@@H]1CCCN1C(=O)[C@H](Cc1ccc([N+](=O)[O-])cc1)NC(=O)CNC(=O)[C@H](CSS(=O)(=O)[O-])NC(=O)[C@@H](N)Cc1ccc(O)cc1.[Na+]. The predicted octanol–water partition coefficient (Wildman–Crippen LogP) is -4.83. The third kappa shape index (κ3) is 13.2. The fourth-order valence-electron chi connectivity index (χ4n) is 4.84. The summed E-state index contributed by atoms with van der Waals surface area (Å²) in [5.41, 5.74) is 12.2. The molecule has 0 radical (unpaired) electrons. The molecule has 1 heterocycles. The van der Waals surface area contributed by atoms with Gasteiger partial charge >= 0.3 is 29.6 Å². The summed E-state index contributed by atoms with van der Waals surface area (Å²) in [6, 6.07) is 5.96. The maximum atomic E-state index is 13.5. The molecule has 0 unspecified atom stereocenters. The van der Waals surface area contributed by atoms with Crippen LogP contribution in [-0.4, -0.2) is 100 Å². The number of nitro benzene ring substituents is 1. The van der Waals surface area contributed by atoms with Gasteiger partial charge in [0, 0.05) is 30.9 Å². The number of nitro groups is 1. The second-order valence-electron chi connectivity index (χ2n) is 10.8. The Morgan fingerprint density at radius 1 is 0.980 bits per heavy atom. The number of phenols is 1. The minimum atomic E-state index is -4.89. The second kappa shape index (κ2) is 18.8. The first-order valence-electron chi connectivity index (χ1n) is 14.4. The van der Waals surface area contributed by atoms with Crippen LogP contribution in [0.5, 0.6) is 5.75 Å². The molecule has 0 aliphatic carbocycles. The van der Waals surface area contributed by atoms with E-state index in [2.05, 4.69) is 16.0 Å². The van der Waals surface area contributed by atoms with Crippen molar-refractivity contribution < 1.29 is 76.5 Å². The zero-order valence-electron chi connectivity index (χ0n) is 26.3. The first-order valence-corrected chi connectivity index (χ1v) is 17.3. The van der Waals surface area contributed by atoms with Gasteiger partial charge in [-0.25, -0.2) is 8.42 Å².